The Morgan fingerprint density at radius 2 is 1.74 bits per heavy atom. The van der Waals surface area contributed by atoms with Gasteiger partial charge in [-0.15, -0.1) is 0 Å². The second-order valence-corrected chi connectivity index (χ2v) is 8.43. The predicted molar refractivity (Wildman–Crippen MR) is 104 cm³/mol. The van der Waals surface area contributed by atoms with Crippen LogP contribution in [-0.2, 0) is 14.8 Å². The van der Waals surface area contributed by atoms with Crippen molar-refractivity contribution in [3.05, 3.63) is 69.7 Å². The number of carboxylic acid groups (broad SMARTS) is 1. The molecule has 2 aromatic rings. The molecule has 0 spiro atoms. The Labute approximate surface area is 166 Å². The Morgan fingerprint density at radius 3 is 2.30 bits per heavy atom. The fourth-order valence-electron chi connectivity index (χ4n) is 2.14. The van der Waals surface area contributed by atoms with E-state index in [0.717, 1.165) is 0 Å². The Bertz CT molecular complexity index is 1000. The first-order chi connectivity index (χ1) is 12.6. The first-order valence-electron chi connectivity index (χ1n) is 7.57. The highest BCUT2D eigenvalue weighted by Crippen LogP contribution is 2.22. The van der Waals surface area contributed by atoms with Crippen LogP contribution in [0.25, 0.3) is 6.08 Å². The second kappa shape index (κ2) is 8.67. The molecule has 0 saturated carbocycles. The summed E-state index contributed by atoms with van der Waals surface area (Å²) in [7, 11) is -2.78. The van der Waals surface area contributed by atoms with Crippen LogP contribution >= 0.6 is 23.2 Å². The van der Waals surface area contributed by atoms with Gasteiger partial charge < -0.3 is 5.11 Å². The first kappa shape index (κ1) is 21.1. The van der Waals surface area contributed by atoms with Crippen LogP contribution in [0.15, 0.2) is 53.4 Å². The highest BCUT2D eigenvalue weighted by molar-refractivity contribution is 7.89. The molecule has 27 heavy (non-hydrogen) atoms. The molecule has 0 aliphatic carbocycles. The third-order valence-corrected chi connectivity index (χ3v) is 5.96. The molecule has 6 nitrogen and oxygen atoms in total. The van der Waals surface area contributed by atoms with E-state index in [0.29, 0.717) is 19.9 Å². The summed E-state index contributed by atoms with van der Waals surface area (Å²) >= 11 is 11.9. The number of carbonyl (C=O) groups excluding carboxylic acids is 1. The Morgan fingerprint density at radius 1 is 1.11 bits per heavy atom. The van der Waals surface area contributed by atoms with Crippen molar-refractivity contribution in [3.63, 3.8) is 0 Å². The lowest BCUT2D eigenvalue weighted by atomic mass is 10.1. The van der Waals surface area contributed by atoms with Crippen LogP contribution in [0.2, 0.25) is 10.0 Å². The minimum atomic E-state index is -3.95. The Kier molecular flexibility index (Phi) is 6.78. The number of hydrogen-bond acceptors (Lipinski definition) is 4. The molecule has 2 rings (SSSR count). The molecule has 0 amide bonds. The SMILES string of the molecule is CN(CC(=O)O)S(=O)(=O)c1ccc(C(=O)/C=C/c2ccc(Cl)cc2Cl)cc1. The van der Waals surface area contributed by atoms with Crippen molar-refractivity contribution in [2.24, 2.45) is 0 Å². The molecular formula is C18H15Cl2NO5S. The summed E-state index contributed by atoms with van der Waals surface area (Å²) in [5, 5.41) is 9.60. The first-order valence-corrected chi connectivity index (χ1v) is 9.76. The number of benzene rings is 2. The number of hydrogen-bond donors (Lipinski definition) is 1. The summed E-state index contributed by atoms with van der Waals surface area (Å²) < 4.78 is 25.2. The molecule has 0 unspecified atom stereocenters. The summed E-state index contributed by atoms with van der Waals surface area (Å²) in [6, 6.07) is 10.1. The van der Waals surface area contributed by atoms with Gasteiger partial charge in [-0.2, -0.15) is 4.31 Å². The molecule has 0 bridgehead atoms. The van der Waals surface area contributed by atoms with Gasteiger partial charge in [-0.25, -0.2) is 8.42 Å². The third kappa shape index (κ3) is 5.40. The summed E-state index contributed by atoms with van der Waals surface area (Å²) in [6.45, 7) is -0.659. The molecule has 2 aromatic carbocycles. The number of sulfonamides is 1. The largest absolute Gasteiger partial charge is 0.480 e. The topological polar surface area (TPSA) is 91.8 Å². The molecule has 0 aliphatic heterocycles. The Balaban J connectivity index is 2.18. The van der Waals surface area contributed by atoms with Crippen LogP contribution in [0.3, 0.4) is 0 Å². The van der Waals surface area contributed by atoms with Crippen molar-refractivity contribution < 1.29 is 23.1 Å². The number of carbonyl (C=O) groups is 2. The number of halogens is 2. The zero-order valence-corrected chi connectivity index (χ0v) is 16.4. The van der Waals surface area contributed by atoms with E-state index < -0.39 is 22.5 Å². The zero-order valence-electron chi connectivity index (χ0n) is 14.1. The van der Waals surface area contributed by atoms with Gasteiger partial charge in [-0.1, -0.05) is 29.3 Å². The number of allylic oxidation sites excluding steroid dienone is 1. The minimum absolute atomic E-state index is 0.104. The maximum absolute atomic E-state index is 12.3. The average molecular weight is 428 g/mol. The molecule has 0 radical (unpaired) electrons. The molecule has 0 saturated heterocycles. The summed E-state index contributed by atoms with van der Waals surface area (Å²) in [4.78, 5) is 22.8. The van der Waals surface area contributed by atoms with Crippen LogP contribution in [0.5, 0.6) is 0 Å². The molecule has 9 heteroatoms. The van der Waals surface area contributed by atoms with Crippen molar-refractivity contribution in [1.29, 1.82) is 0 Å². The molecule has 0 aromatic heterocycles. The number of rotatable bonds is 7. The highest BCUT2D eigenvalue weighted by Gasteiger charge is 2.22. The van der Waals surface area contributed by atoms with E-state index in [1.807, 2.05) is 0 Å². The molecule has 0 fully saturated rings. The quantitative estimate of drug-likeness (QED) is 0.538. The summed E-state index contributed by atoms with van der Waals surface area (Å²) in [5.41, 5.74) is 0.889. The maximum Gasteiger partial charge on any atom is 0.318 e. The third-order valence-electron chi connectivity index (χ3n) is 3.58. The van der Waals surface area contributed by atoms with E-state index in [2.05, 4.69) is 0 Å². The zero-order chi connectivity index (χ0) is 20.2. The predicted octanol–water partition coefficient (Wildman–Crippen LogP) is 3.59. The molecule has 142 valence electrons. The standard InChI is InChI=1S/C18H15Cl2NO5S/c1-21(11-18(23)24)27(25,26)15-7-3-13(4-8-15)17(22)9-5-12-2-6-14(19)10-16(12)20/h2-10H,11H2,1H3,(H,23,24)/b9-5+. The normalized spacial score (nSPS) is 11.9. The van der Waals surface area contributed by atoms with Crippen LogP contribution in [0.1, 0.15) is 15.9 Å². The van der Waals surface area contributed by atoms with E-state index in [1.165, 1.54) is 43.5 Å². The summed E-state index contributed by atoms with van der Waals surface area (Å²) in [5.74, 6) is -1.61. The molecular weight excluding hydrogens is 413 g/mol. The van der Waals surface area contributed by atoms with Crippen molar-refractivity contribution in [3.8, 4) is 0 Å². The lowest BCUT2D eigenvalue weighted by Gasteiger charge is -2.14. The van der Waals surface area contributed by atoms with Gasteiger partial charge in [0.25, 0.3) is 0 Å². The number of likely N-dealkylation sites (N-methyl/N-ethyl adjacent to an activating group) is 1. The average Bonchev–Trinajstić information content (AvgIpc) is 2.60. The fraction of sp³-hybridized carbons (Fsp3) is 0.111. The number of nitrogens with zero attached hydrogens (tertiary/aromatic N) is 1. The van der Waals surface area contributed by atoms with E-state index in [1.54, 1.807) is 18.2 Å². The van der Waals surface area contributed by atoms with Gasteiger partial charge in [0.2, 0.25) is 10.0 Å². The van der Waals surface area contributed by atoms with Crippen LogP contribution in [0.4, 0.5) is 0 Å². The number of carboxylic acids is 1. The molecule has 0 atom stereocenters. The highest BCUT2D eigenvalue weighted by atomic mass is 35.5. The maximum atomic E-state index is 12.3. The smallest absolute Gasteiger partial charge is 0.318 e. The lowest BCUT2D eigenvalue weighted by Crippen LogP contribution is -2.32. The van der Waals surface area contributed by atoms with E-state index in [4.69, 9.17) is 28.3 Å². The molecule has 0 aliphatic rings. The van der Waals surface area contributed by atoms with Crippen LogP contribution < -0.4 is 0 Å². The molecule has 0 heterocycles. The van der Waals surface area contributed by atoms with Crippen molar-refractivity contribution >= 4 is 51.1 Å². The van der Waals surface area contributed by atoms with E-state index >= 15 is 0 Å². The Hall–Kier alpha value is -2.19. The molecule has 1 N–H and O–H groups in total. The monoisotopic (exact) mass is 427 g/mol. The van der Waals surface area contributed by atoms with Gasteiger partial charge in [-0.05, 0) is 54.1 Å². The number of ketones is 1. The van der Waals surface area contributed by atoms with Gasteiger partial charge in [0.1, 0.15) is 6.54 Å². The summed E-state index contributed by atoms with van der Waals surface area (Å²) in [6.07, 6.45) is 2.85. The van der Waals surface area contributed by atoms with Crippen molar-refractivity contribution in [1.82, 2.24) is 4.31 Å². The van der Waals surface area contributed by atoms with Crippen LogP contribution in [0, 0.1) is 0 Å². The van der Waals surface area contributed by atoms with Gasteiger partial charge in [-0.3, -0.25) is 9.59 Å². The van der Waals surface area contributed by atoms with E-state index in [9.17, 15) is 18.0 Å². The van der Waals surface area contributed by atoms with Gasteiger partial charge in [0.05, 0.1) is 4.90 Å². The number of aliphatic carboxylic acids is 1. The van der Waals surface area contributed by atoms with Crippen molar-refractivity contribution in [2.75, 3.05) is 13.6 Å². The van der Waals surface area contributed by atoms with Crippen LogP contribution in [-0.4, -0.2) is 43.2 Å². The second-order valence-electron chi connectivity index (χ2n) is 5.54. The van der Waals surface area contributed by atoms with Gasteiger partial charge >= 0.3 is 5.97 Å². The van der Waals surface area contributed by atoms with Crippen molar-refractivity contribution in [2.45, 2.75) is 4.90 Å². The minimum Gasteiger partial charge on any atom is -0.480 e. The lowest BCUT2D eigenvalue weighted by molar-refractivity contribution is -0.137. The van der Waals surface area contributed by atoms with Gasteiger partial charge in [0, 0.05) is 22.7 Å². The fourth-order valence-corrected chi connectivity index (χ4v) is 3.74. The van der Waals surface area contributed by atoms with Gasteiger partial charge in [0.15, 0.2) is 5.78 Å². The van der Waals surface area contributed by atoms with E-state index in [-0.39, 0.29) is 16.2 Å².